The van der Waals surface area contributed by atoms with Crippen molar-refractivity contribution in [2.45, 2.75) is 19.0 Å². The Balaban J connectivity index is 2.00. The van der Waals surface area contributed by atoms with Crippen LogP contribution in [-0.4, -0.2) is 41.1 Å². The van der Waals surface area contributed by atoms with Crippen LogP contribution >= 0.6 is 0 Å². The molecule has 2 unspecified atom stereocenters. The molecule has 1 aliphatic carbocycles. The Morgan fingerprint density at radius 3 is 2.44 bits per heavy atom. The summed E-state index contributed by atoms with van der Waals surface area (Å²) in [6.07, 6.45) is -4.13. The van der Waals surface area contributed by atoms with E-state index in [1.54, 1.807) is 0 Å². The van der Waals surface area contributed by atoms with Crippen molar-refractivity contribution in [1.29, 1.82) is 0 Å². The molecule has 1 spiro atoms. The van der Waals surface area contributed by atoms with Gasteiger partial charge < -0.3 is 10.0 Å². The van der Waals surface area contributed by atoms with Gasteiger partial charge in [0.15, 0.2) is 0 Å². The summed E-state index contributed by atoms with van der Waals surface area (Å²) in [5.41, 5.74) is -0.591. The van der Waals surface area contributed by atoms with Crippen molar-refractivity contribution >= 4 is 11.9 Å². The summed E-state index contributed by atoms with van der Waals surface area (Å²) in [5.74, 6) is -3.43. The molecule has 0 aromatic carbocycles. The fourth-order valence-electron chi connectivity index (χ4n) is 2.40. The second-order valence-electron chi connectivity index (χ2n) is 4.43. The number of carboxylic acids is 1. The highest BCUT2D eigenvalue weighted by molar-refractivity contribution is 5.83. The lowest BCUT2D eigenvalue weighted by atomic mass is 10.0. The minimum absolute atomic E-state index is 0.00211. The maximum atomic E-state index is 12.1. The van der Waals surface area contributed by atoms with Crippen LogP contribution in [0, 0.1) is 11.3 Å². The Bertz CT molecular complexity index is 354. The van der Waals surface area contributed by atoms with Gasteiger partial charge in [0.25, 0.3) is 0 Å². The van der Waals surface area contributed by atoms with Crippen LogP contribution in [0.3, 0.4) is 0 Å². The monoisotopic (exact) mass is 237 g/mol. The Kier molecular flexibility index (Phi) is 2.18. The molecule has 1 saturated carbocycles. The molecule has 1 saturated heterocycles. The fraction of sp³-hybridized carbons (Fsp3) is 0.778. The van der Waals surface area contributed by atoms with Crippen molar-refractivity contribution in [3.8, 4) is 0 Å². The van der Waals surface area contributed by atoms with Crippen molar-refractivity contribution < 1.29 is 27.9 Å². The molecule has 16 heavy (non-hydrogen) atoms. The summed E-state index contributed by atoms with van der Waals surface area (Å²) < 4.78 is 36.4. The standard InChI is InChI=1S/C9H10F3NO3/c10-9(11,12)7(16)13-2-1-8(4-13)3-5(8)6(14)15/h5H,1-4H2,(H,14,15). The highest BCUT2D eigenvalue weighted by Gasteiger charge is 2.63. The first-order chi connectivity index (χ1) is 7.26. The van der Waals surface area contributed by atoms with Gasteiger partial charge in [-0.2, -0.15) is 13.2 Å². The van der Waals surface area contributed by atoms with Crippen LogP contribution in [0.4, 0.5) is 13.2 Å². The van der Waals surface area contributed by atoms with E-state index in [0.29, 0.717) is 17.7 Å². The largest absolute Gasteiger partial charge is 0.481 e. The van der Waals surface area contributed by atoms with Gasteiger partial charge in [-0.1, -0.05) is 0 Å². The number of carbonyl (C=O) groups excluding carboxylic acids is 1. The molecule has 4 nitrogen and oxygen atoms in total. The average Bonchev–Trinajstić information content (AvgIpc) is 2.66. The number of carboxylic acid groups (broad SMARTS) is 1. The van der Waals surface area contributed by atoms with Gasteiger partial charge in [0, 0.05) is 18.5 Å². The van der Waals surface area contributed by atoms with Crippen molar-refractivity contribution in [3.63, 3.8) is 0 Å². The Morgan fingerprint density at radius 1 is 1.38 bits per heavy atom. The quantitative estimate of drug-likeness (QED) is 0.736. The van der Waals surface area contributed by atoms with E-state index in [9.17, 15) is 22.8 Å². The predicted octanol–water partition coefficient (Wildman–Crippen LogP) is 0.872. The van der Waals surface area contributed by atoms with Gasteiger partial charge in [-0.15, -0.1) is 0 Å². The number of nitrogens with zero attached hydrogens (tertiary/aromatic N) is 1. The van der Waals surface area contributed by atoms with Gasteiger partial charge in [-0.3, -0.25) is 9.59 Å². The van der Waals surface area contributed by atoms with E-state index in [0.717, 1.165) is 0 Å². The molecule has 0 aromatic heterocycles. The highest BCUT2D eigenvalue weighted by Crippen LogP contribution is 2.58. The van der Waals surface area contributed by atoms with Crippen LogP contribution in [-0.2, 0) is 9.59 Å². The summed E-state index contributed by atoms with van der Waals surface area (Å²) >= 11 is 0. The highest BCUT2D eigenvalue weighted by atomic mass is 19.4. The molecule has 0 radical (unpaired) electrons. The lowest BCUT2D eigenvalue weighted by Crippen LogP contribution is -2.39. The summed E-state index contributed by atoms with van der Waals surface area (Å²) in [4.78, 5) is 22.3. The van der Waals surface area contributed by atoms with Crippen LogP contribution in [0.5, 0.6) is 0 Å². The number of rotatable bonds is 1. The van der Waals surface area contributed by atoms with E-state index in [2.05, 4.69) is 0 Å². The van der Waals surface area contributed by atoms with Gasteiger partial charge in [-0.25, -0.2) is 0 Å². The lowest BCUT2D eigenvalue weighted by molar-refractivity contribution is -0.184. The normalized spacial score (nSPS) is 33.2. The number of halogens is 3. The first kappa shape index (κ1) is 11.2. The number of hydrogen-bond acceptors (Lipinski definition) is 2. The summed E-state index contributed by atoms with van der Waals surface area (Å²) in [5, 5.41) is 8.74. The second kappa shape index (κ2) is 3.11. The molecule has 2 aliphatic rings. The maximum absolute atomic E-state index is 12.1. The van der Waals surface area contributed by atoms with Crippen LogP contribution in [0.2, 0.25) is 0 Å². The first-order valence-corrected chi connectivity index (χ1v) is 4.85. The van der Waals surface area contributed by atoms with E-state index in [-0.39, 0.29) is 13.1 Å². The van der Waals surface area contributed by atoms with Gasteiger partial charge in [0.2, 0.25) is 0 Å². The Labute approximate surface area is 89.0 Å². The molecule has 90 valence electrons. The van der Waals surface area contributed by atoms with E-state index < -0.39 is 29.4 Å². The minimum Gasteiger partial charge on any atom is -0.481 e. The Morgan fingerprint density at radius 2 is 2.00 bits per heavy atom. The molecule has 2 fully saturated rings. The van der Waals surface area contributed by atoms with E-state index in [1.165, 1.54) is 0 Å². The number of likely N-dealkylation sites (tertiary alicyclic amines) is 1. The second-order valence-corrected chi connectivity index (χ2v) is 4.43. The van der Waals surface area contributed by atoms with E-state index in [4.69, 9.17) is 5.11 Å². The van der Waals surface area contributed by atoms with Crippen molar-refractivity contribution in [2.75, 3.05) is 13.1 Å². The van der Waals surface area contributed by atoms with Crippen LogP contribution < -0.4 is 0 Å². The maximum Gasteiger partial charge on any atom is 0.471 e. The molecule has 1 aliphatic heterocycles. The lowest BCUT2D eigenvalue weighted by Gasteiger charge is -2.17. The summed E-state index contributed by atoms with van der Waals surface area (Å²) in [7, 11) is 0. The van der Waals surface area contributed by atoms with Gasteiger partial charge in [-0.05, 0) is 12.8 Å². The summed E-state index contributed by atoms with van der Waals surface area (Å²) in [6, 6.07) is 0. The molecule has 7 heteroatoms. The van der Waals surface area contributed by atoms with Crippen LogP contribution in [0.15, 0.2) is 0 Å². The van der Waals surface area contributed by atoms with E-state index >= 15 is 0 Å². The van der Waals surface area contributed by atoms with Gasteiger partial charge in [0.05, 0.1) is 5.92 Å². The van der Waals surface area contributed by atoms with Crippen LogP contribution in [0.25, 0.3) is 0 Å². The zero-order valence-electron chi connectivity index (χ0n) is 8.25. The topological polar surface area (TPSA) is 57.6 Å². The van der Waals surface area contributed by atoms with Crippen molar-refractivity contribution in [2.24, 2.45) is 11.3 Å². The zero-order chi connectivity index (χ0) is 12.1. The third-order valence-corrected chi connectivity index (χ3v) is 3.40. The molecular formula is C9H10F3NO3. The minimum atomic E-state index is -4.86. The SMILES string of the molecule is O=C(O)C1CC12CCN(C(=O)C(F)(F)F)C2. The Hall–Kier alpha value is -1.27. The molecule has 1 heterocycles. The van der Waals surface area contributed by atoms with Crippen molar-refractivity contribution in [1.82, 2.24) is 4.90 Å². The predicted molar refractivity (Wildman–Crippen MR) is 45.4 cm³/mol. The molecule has 2 atom stereocenters. The molecular weight excluding hydrogens is 227 g/mol. The number of hydrogen-bond donors (Lipinski definition) is 1. The smallest absolute Gasteiger partial charge is 0.471 e. The van der Waals surface area contributed by atoms with Gasteiger partial charge in [0.1, 0.15) is 0 Å². The third-order valence-electron chi connectivity index (χ3n) is 3.40. The molecule has 2 rings (SSSR count). The third kappa shape index (κ3) is 1.64. The van der Waals surface area contributed by atoms with Gasteiger partial charge >= 0.3 is 18.1 Å². The number of amides is 1. The summed E-state index contributed by atoms with van der Waals surface area (Å²) in [6.45, 7) is -0.0789. The van der Waals surface area contributed by atoms with Crippen molar-refractivity contribution in [3.05, 3.63) is 0 Å². The molecule has 0 aromatic rings. The van der Waals surface area contributed by atoms with Crippen LogP contribution in [0.1, 0.15) is 12.8 Å². The number of carbonyl (C=O) groups is 2. The average molecular weight is 237 g/mol. The van der Waals surface area contributed by atoms with E-state index in [1.807, 2.05) is 0 Å². The molecule has 1 amide bonds. The fourth-order valence-corrected chi connectivity index (χ4v) is 2.40. The molecule has 1 N–H and O–H groups in total. The zero-order valence-corrected chi connectivity index (χ0v) is 8.25. The first-order valence-electron chi connectivity index (χ1n) is 4.85. The number of alkyl halides is 3. The molecule has 0 bridgehead atoms. The number of aliphatic carboxylic acids is 1.